The Hall–Kier alpha value is -1.53. The summed E-state index contributed by atoms with van der Waals surface area (Å²) in [4.78, 5) is 0. The summed E-state index contributed by atoms with van der Waals surface area (Å²) in [5, 5.41) is 11.0. The Kier molecular flexibility index (Phi) is 3.12. The van der Waals surface area contributed by atoms with Crippen molar-refractivity contribution in [3.8, 4) is 11.4 Å². The molecule has 0 aliphatic carbocycles. The molecule has 16 heavy (non-hydrogen) atoms. The van der Waals surface area contributed by atoms with Gasteiger partial charge in [-0.05, 0) is 22.6 Å². The summed E-state index contributed by atoms with van der Waals surface area (Å²) in [5.41, 5.74) is 5.67. The lowest BCUT2D eigenvalue weighted by molar-refractivity contribution is 0.595. The second kappa shape index (κ2) is 4.54. The second-order valence-electron chi connectivity index (χ2n) is 3.12. The fourth-order valence-electron chi connectivity index (χ4n) is 1.35. The first-order valence-corrected chi connectivity index (χ1v) is 5.02. The molecule has 2 N–H and O–H groups in total. The molecule has 0 atom stereocenters. The lowest BCUT2D eigenvalue weighted by Crippen LogP contribution is -2.12. The normalized spacial score (nSPS) is 10.7. The molecule has 2 rings (SSSR count). The molecular formula is C9H9ClFN5. The third kappa shape index (κ3) is 1.89. The van der Waals surface area contributed by atoms with Gasteiger partial charge >= 0.3 is 0 Å². The van der Waals surface area contributed by atoms with Crippen molar-refractivity contribution < 1.29 is 4.39 Å². The molecule has 0 fully saturated rings. The van der Waals surface area contributed by atoms with Crippen LogP contribution in [0.2, 0.25) is 5.02 Å². The molecule has 0 spiro atoms. The van der Waals surface area contributed by atoms with Gasteiger partial charge in [0.05, 0.1) is 17.1 Å². The summed E-state index contributed by atoms with van der Waals surface area (Å²) in [6, 6.07) is 4.68. The highest BCUT2D eigenvalue weighted by Crippen LogP contribution is 2.25. The number of tetrazole rings is 1. The highest BCUT2D eigenvalue weighted by atomic mass is 35.5. The number of nitrogens with two attached hydrogens (primary N) is 1. The van der Waals surface area contributed by atoms with E-state index in [4.69, 9.17) is 17.3 Å². The summed E-state index contributed by atoms with van der Waals surface area (Å²) < 4.78 is 15.2. The van der Waals surface area contributed by atoms with E-state index >= 15 is 0 Å². The van der Waals surface area contributed by atoms with Crippen LogP contribution in [0, 0.1) is 5.82 Å². The fraction of sp³-hybridized carbons (Fsp3) is 0.222. The van der Waals surface area contributed by atoms with Crippen molar-refractivity contribution in [1.29, 1.82) is 0 Å². The summed E-state index contributed by atoms with van der Waals surface area (Å²) in [7, 11) is 0. The van der Waals surface area contributed by atoms with Crippen LogP contribution in [0.1, 0.15) is 0 Å². The lowest BCUT2D eigenvalue weighted by atomic mass is 10.2. The maximum atomic E-state index is 13.7. The van der Waals surface area contributed by atoms with Crippen LogP contribution in [-0.4, -0.2) is 26.8 Å². The van der Waals surface area contributed by atoms with Crippen LogP contribution in [0.25, 0.3) is 11.4 Å². The van der Waals surface area contributed by atoms with Crippen molar-refractivity contribution in [2.24, 2.45) is 5.73 Å². The molecule has 84 valence electrons. The Morgan fingerprint density at radius 3 is 3.00 bits per heavy atom. The maximum absolute atomic E-state index is 13.7. The van der Waals surface area contributed by atoms with Crippen LogP contribution < -0.4 is 5.73 Å². The molecule has 5 nitrogen and oxygen atoms in total. The van der Waals surface area contributed by atoms with Gasteiger partial charge in [-0.25, -0.2) is 9.07 Å². The van der Waals surface area contributed by atoms with E-state index in [1.165, 1.54) is 10.7 Å². The third-order valence-electron chi connectivity index (χ3n) is 2.07. The first-order chi connectivity index (χ1) is 7.74. The number of rotatable bonds is 3. The average molecular weight is 242 g/mol. The summed E-state index contributed by atoms with van der Waals surface area (Å²) in [6.07, 6.45) is 0. The van der Waals surface area contributed by atoms with Crippen molar-refractivity contribution >= 4 is 11.6 Å². The molecule has 0 aliphatic heterocycles. The van der Waals surface area contributed by atoms with E-state index in [-0.39, 0.29) is 10.6 Å². The molecule has 7 heteroatoms. The zero-order chi connectivity index (χ0) is 11.5. The standard InChI is InChI=1S/C9H9ClFN5/c10-7-3-1-2-6(8(7)11)9-13-14-15-16(9)5-4-12/h1-3H,4-5,12H2. The first kappa shape index (κ1) is 11.0. The van der Waals surface area contributed by atoms with Gasteiger partial charge in [0.25, 0.3) is 0 Å². The molecule has 1 aromatic heterocycles. The van der Waals surface area contributed by atoms with Crippen molar-refractivity contribution in [2.75, 3.05) is 6.54 Å². The van der Waals surface area contributed by atoms with Crippen LogP contribution in [-0.2, 0) is 6.54 Å². The number of aromatic nitrogens is 4. The van der Waals surface area contributed by atoms with Gasteiger partial charge in [0, 0.05) is 6.54 Å². The summed E-state index contributed by atoms with van der Waals surface area (Å²) in [5.74, 6) is -0.206. The monoisotopic (exact) mass is 241 g/mol. The van der Waals surface area contributed by atoms with E-state index in [9.17, 15) is 4.39 Å². The van der Waals surface area contributed by atoms with Crippen LogP contribution in [0.3, 0.4) is 0 Å². The minimum atomic E-state index is -0.530. The van der Waals surface area contributed by atoms with Gasteiger partial charge in [-0.15, -0.1) is 5.10 Å². The van der Waals surface area contributed by atoms with Crippen molar-refractivity contribution in [3.05, 3.63) is 29.0 Å². The Morgan fingerprint density at radius 1 is 1.44 bits per heavy atom. The van der Waals surface area contributed by atoms with Gasteiger partial charge in [0.1, 0.15) is 0 Å². The molecule has 1 heterocycles. The third-order valence-corrected chi connectivity index (χ3v) is 2.36. The topological polar surface area (TPSA) is 69.6 Å². The minimum absolute atomic E-state index is 0.0415. The molecule has 0 bridgehead atoms. The largest absolute Gasteiger partial charge is 0.329 e. The van der Waals surface area contributed by atoms with Crippen molar-refractivity contribution in [1.82, 2.24) is 20.2 Å². The van der Waals surface area contributed by atoms with Gasteiger partial charge in [-0.3, -0.25) is 0 Å². The van der Waals surface area contributed by atoms with E-state index in [0.717, 1.165) is 0 Å². The Bertz CT molecular complexity index is 498. The van der Waals surface area contributed by atoms with Gasteiger partial charge in [-0.1, -0.05) is 17.7 Å². The molecule has 1 aromatic carbocycles. The van der Waals surface area contributed by atoms with Crippen molar-refractivity contribution in [2.45, 2.75) is 6.54 Å². The van der Waals surface area contributed by atoms with E-state index in [1.54, 1.807) is 12.1 Å². The second-order valence-corrected chi connectivity index (χ2v) is 3.52. The number of nitrogens with zero attached hydrogens (tertiary/aromatic N) is 4. The molecule has 0 amide bonds. The lowest BCUT2D eigenvalue weighted by Gasteiger charge is -2.04. The van der Waals surface area contributed by atoms with Crippen LogP contribution in [0.4, 0.5) is 4.39 Å². The van der Waals surface area contributed by atoms with Gasteiger partial charge in [-0.2, -0.15) is 0 Å². The van der Waals surface area contributed by atoms with E-state index in [1.807, 2.05) is 0 Å². The fourth-order valence-corrected chi connectivity index (χ4v) is 1.52. The van der Waals surface area contributed by atoms with E-state index in [0.29, 0.717) is 18.9 Å². The predicted molar refractivity (Wildman–Crippen MR) is 57.3 cm³/mol. The smallest absolute Gasteiger partial charge is 0.185 e. The molecule has 0 saturated heterocycles. The van der Waals surface area contributed by atoms with Gasteiger partial charge < -0.3 is 5.73 Å². The highest BCUT2D eigenvalue weighted by Gasteiger charge is 2.14. The van der Waals surface area contributed by atoms with Crippen molar-refractivity contribution in [3.63, 3.8) is 0 Å². The first-order valence-electron chi connectivity index (χ1n) is 4.64. The highest BCUT2D eigenvalue weighted by molar-refractivity contribution is 6.31. The van der Waals surface area contributed by atoms with Gasteiger partial charge in [0.2, 0.25) is 0 Å². The quantitative estimate of drug-likeness (QED) is 0.873. The SMILES string of the molecule is NCCn1nnnc1-c1cccc(Cl)c1F. The number of benzene rings is 1. The molecule has 0 aliphatic rings. The maximum Gasteiger partial charge on any atom is 0.185 e. The average Bonchev–Trinajstić information content (AvgIpc) is 2.71. The molecular weight excluding hydrogens is 233 g/mol. The number of halogens is 2. The van der Waals surface area contributed by atoms with E-state index < -0.39 is 5.82 Å². The minimum Gasteiger partial charge on any atom is -0.329 e. The van der Waals surface area contributed by atoms with Crippen LogP contribution in [0.15, 0.2) is 18.2 Å². The van der Waals surface area contributed by atoms with Crippen LogP contribution in [0.5, 0.6) is 0 Å². The molecule has 0 radical (unpaired) electrons. The summed E-state index contributed by atoms with van der Waals surface area (Å²) in [6.45, 7) is 0.800. The molecule has 0 saturated carbocycles. The van der Waals surface area contributed by atoms with E-state index in [2.05, 4.69) is 15.5 Å². The Morgan fingerprint density at radius 2 is 2.25 bits per heavy atom. The van der Waals surface area contributed by atoms with Gasteiger partial charge in [0.15, 0.2) is 11.6 Å². The Balaban J connectivity index is 2.50. The summed E-state index contributed by atoms with van der Waals surface area (Å²) >= 11 is 5.68. The molecule has 0 unspecified atom stereocenters. The zero-order valence-electron chi connectivity index (χ0n) is 8.27. The Labute approximate surface area is 96.0 Å². The number of hydrogen-bond acceptors (Lipinski definition) is 4. The molecule has 2 aromatic rings. The predicted octanol–water partition coefficient (Wildman–Crippen LogP) is 1.09. The zero-order valence-corrected chi connectivity index (χ0v) is 9.02. The number of hydrogen-bond donors (Lipinski definition) is 1. The van der Waals surface area contributed by atoms with Crippen LogP contribution >= 0.6 is 11.6 Å².